The summed E-state index contributed by atoms with van der Waals surface area (Å²) in [7, 11) is 0. The Bertz CT molecular complexity index is 564. The number of carbonyl (C=O) groups is 2. The third kappa shape index (κ3) is 3.48. The van der Waals surface area contributed by atoms with Crippen molar-refractivity contribution >= 4 is 27.9 Å². The molecule has 1 N–H and O–H groups in total. The Kier molecular flexibility index (Phi) is 4.75. The molecular formula is C15H18BrN3O3. The van der Waals surface area contributed by atoms with Crippen LogP contribution in [0.2, 0.25) is 0 Å². The van der Waals surface area contributed by atoms with Crippen molar-refractivity contribution in [2.45, 2.75) is 6.10 Å². The lowest BCUT2D eigenvalue weighted by Gasteiger charge is -2.33. The van der Waals surface area contributed by atoms with E-state index in [1.165, 1.54) is 4.90 Å². The fourth-order valence-electron chi connectivity index (χ4n) is 2.71. The number of nitrogens with zero attached hydrogens (tertiary/aromatic N) is 2. The van der Waals surface area contributed by atoms with Gasteiger partial charge in [0.2, 0.25) is 5.91 Å². The fraction of sp³-hybridized carbons (Fsp3) is 0.467. The molecule has 0 spiro atoms. The maximum absolute atomic E-state index is 12.2. The molecule has 2 fully saturated rings. The summed E-state index contributed by atoms with van der Waals surface area (Å²) in [4.78, 5) is 27.0. The Balaban J connectivity index is 1.59. The first-order chi connectivity index (χ1) is 10.6. The van der Waals surface area contributed by atoms with Crippen LogP contribution in [0.15, 0.2) is 28.7 Å². The summed E-state index contributed by atoms with van der Waals surface area (Å²) in [6.45, 7) is 3.19. The van der Waals surface area contributed by atoms with Gasteiger partial charge in [0.1, 0.15) is 0 Å². The van der Waals surface area contributed by atoms with Gasteiger partial charge in [0.05, 0.1) is 19.3 Å². The number of carbonyl (C=O) groups excluding carboxylic acids is 2. The van der Waals surface area contributed by atoms with E-state index in [0.717, 1.165) is 10.0 Å². The van der Waals surface area contributed by atoms with Crippen LogP contribution in [0.1, 0.15) is 11.7 Å². The van der Waals surface area contributed by atoms with Crippen molar-refractivity contribution in [3.8, 4) is 0 Å². The molecule has 7 heteroatoms. The van der Waals surface area contributed by atoms with E-state index in [4.69, 9.17) is 4.74 Å². The first kappa shape index (κ1) is 15.5. The van der Waals surface area contributed by atoms with E-state index in [1.807, 2.05) is 29.2 Å². The van der Waals surface area contributed by atoms with Crippen molar-refractivity contribution in [1.29, 1.82) is 0 Å². The Labute approximate surface area is 137 Å². The normalized spacial score (nSPS) is 22.7. The molecule has 118 valence electrons. The van der Waals surface area contributed by atoms with Crippen LogP contribution < -0.4 is 5.32 Å². The van der Waals surface area contributed by atoms with Crippen molar-refractivity contribution in [2.24, 2.45) is 0 Å². The van der Waals surface area contributed by atoms with Gasteiger partial charge in [-0.15, -0.1) is 0 Å². The second kappa shape index (κ2) is 6.76. The molecule has 2 heterocycles. The Morgan fingerprint density at radius 1 is 1.32 bits per heavy atom. The van der Waals surface area contributed by atoms with Crippen molar-refractivity contribution in [1.82, 2.24) is 15.1 Å². The molecule has 6 nitrogen and oxygen atoms in total. The van der Waals surface area contributed by atoms with Crippen LogP contribution in [0.4, 0.5) is 4.79 Å². The van der Waals surface area contributed by atoms with E-state index < -0.39 is 0 Å². The van der Waals surface area contributed by atoms with Crippen LogP contribution >= 0.6 is 15.9 Å². The molecule has 2 aliphatic rings. The highest BCUT2D eigenvalue weighted by atomic mass is 79.9. The molecule has 1 aromatic carbocycles. The Hall–Kier alpha value is -1.44. The van der Waals surface area contributed by atoms with E-state index in [-0.39, 0.29) is 24.6 Å². The second-order valence-electron chi connectivity index (χ2n) is 5.42. The number of nitrogens with one attached hydrogen (secondary N) is 1. The Morgan fingerprint density at radius 2 is 2.09 bits per heavy atom. The van der Waals surface area contributed by atoms with Crippen molar-refractivity contribution in [2.75, 3.05) is 39.3 Å². The predicted molar refractivity (Wildman–Crippen MR) is 84.4 cm³/mol. The molecule has 2 aliphatic heterocycles. The molecule has 3 rings (SSSR count). The number of hydrogen-bond donors (Lipinski definition) is 1. The SMILES string of the molecule is O=C(CN1CCO[C@@H](c2ccc(Br)cc2)C1)N1CCNC1=O. The zero-order valence-electron chi connectivity index (χ0n) is 12.1. The van der Waals surface area contributed by atoms with Crippen molar-refractivity contribution < 1.29 is 14.3 Å². The van der Waals surface area contributed by atoms with E-state index >= 15 is 0 Å². The molecule has 0 aliphatic carbocycles. The zero-order chi connectivity index (χ0) is 15.5. The predicted octanol–water partition coefficient (Wildman–Crippen LogP) is 1.37. The molecule has 1 atom stereocenters. The molecular weight excluding hydrogens is 350 g/mol. The van der Waals surface area contributed by atoms with Gasteiger partial charge in [0.15, 0.2) is 0 Å². The van der Waals surface area contributed by atoms with Gasteiger partial charge < -0.3 is 10.1 Å². The number of rotatable bonds is 3. The number of halogens is 1. The van der Waals surface area contributed by atoms with Gasteiger partial charge in [-0.1, -0.05) is 28.1 Å². The van der Waals surface area contributed by atoms with Gasteiger partial charge in [0, 0.05) is 30.7 Å². The van der Waals surface area contributed by atoms with Crippen LogP contribution in [-0.2, 0) is 9.53 Å². The van der Waals surface area contributed by atoms with Crippen molar-refractivity contribution in [3.05, 3.63) is 34.3 Å². The van der Waals surface area contributed by atoms with E-state index in [9.17, 15) is 9.59 Å². The summed E-state index contributed by atoms with van der Waals surface area (Å²) in [5.41, 5.74) is 1.10. The Morgan fingerprint density at radius 3 is 2.77 bits per heavy atom. The third-order valence-corrected chi connectivity index (χ3v) is 4.44. The van der Waals surface area contributed by atoms with Crippen LogP contribution in [0.5, 0.6) is 0 Å². The first-order valence-electron chi connectivity index (χ1n) is 7.31. The lowest BCUT2D eigenvalue weighted by molar-refractivity contribution is -0.130. The number of imide groups is 1. The highest BCUT2D eigenvalue weighted by Gasteiger charge is 2.29. The van der Waals surface area contributed by atoms with Gasteiger partial charge in [-0.2, -0.15) is 0 Å². The monoisotopic (exact) mass is 367 g/mol. The molecule has 3 amide bonds. The molecule has 2 saturated heterocycles. The maximum atomic E-state index is 12.2. The second-order valence-corrected chi connectivity index (χ2v) is 6.34. The lowest BCUT2D eigenvalue weighted by Crippen LogP contribution is -2.46. The van der Waals surface area contributed by atoms with Gasteiger partial charge >= 0.3 is 6.03 Å². The average molecular weight is 368 g/mol. The third-order valence-electron chi connectivity index (χ3n) is 3.91. The fourth-order valence-corrected chi connectivity index (χ4v) is 2.98. The maximum Gasteiger partial charge on any atom is 0.324 e. The molecule has 1 aromatic rings. The standard InChI is InChI=1S/C15H18BrN3O3/c16-12-3-1-11(2-4-12)13-9-18(7-8-22-13)10-14(20)19-6-5-17-15(19)21/h1-4,13H,5-10H2,(H,17,21)/t13-/m1/s1. The van der Waals surface area contributed by atoms with E-state index in [2.05, 4.69) is 21.2 Å². The van der Waals surface area contributed by atoms with Gasteiger partial charge in [0.25, 0.3) is 0 Å². The number of hydrogen-bond acceptors (Lipinski definition) is 4. The minimum absolute atomic E-state index is 0.0398. The quantitative estimate of drug-likeness (QED) is 0.876. The van der Waals surface area contributed by atoms with Crippen LogP contribution in [0.25, 0.3) is 0 Å². The topological polar surface area (TPSA) is 61.9 Å². The summed E-state index contributed by atoms with van der Waals surface area (Å²) in [5.74, 6) is -0.147. The number of amides is 3. The summed E-state index contributed by atoms with van der Waals surface area (Å²) in [6.07, 6.45) is -0.0398. The number of urea groups is 1. The molecule has 22 heavy (non-hydrogen) atoms. The summed E-state index contributed by atoms with van der Waals surface area (Å²) >= 11 is 3.42. The summed E-state index contributed by atoms with van der Waals surface area (Å²) in [5, 5.41) is 2.65. The van der Waals surface area contributed by atoms with Crippen LogP contribution in [0.3, 0.4) is 0 Å². The van der Waals surface area contributed by atoms with E-state index in [1.54, 1.807) is 0 Å². The highest BCUT2D eigenvalue weighted by Crippen LogP contribution is 2.23. The average Bonchev–Trinajstić information content (AvgIpc) is 2.94. The molecule has 0 radical (unpaired) electrons. The molecule has 0 saturated carbocycles. The zero-order valence-corrected chi connectivity index (χ0v) is 13.7. The van der Waals surface area contributed by atoms with E-state index in [0.29, 0.717) is 32.8 Å². The van der Waals surface area contributed by atoms with Crippen molar-refractivity contribution in [3.63, 3.8) is 0 Å². The number of morpholine rings is 1. The lowest BCUT2D eigenvalue weighted by atomic mass is 10.1. The smallest absolute Gasteiger partial charge is 0.324 e. The van der Waals surface area contributed by atoms with Gasteiger partial charge in [-0.3, -0.25) is 14.6 Å². The molecule has 0 bridgehead atoms. The van der Waals surface area contributed by atoms with Crippen LogP contribution in [0, 0.1) is 0 Å². The molecule has 0 unspecified atom stereocenters. The van der Waals surface area contributed by atoms with Gasteiger partial charge in [-0.05, 0) is 17.7 Å². The highest BCUT2D eigenvalue weighted by molar-refractivity contribution is 9.10. The van der Waals surface area contributed by atoms with Crippen LogP contribution in [-0.4, -0.2) is 61.1 Å². The summed E-state index contributed by atoms with van der Waals surface area (Å²) in [6, 6.07) is 7.72. The van der Waals surface area contributed by atoms with Gasteiger partial charge in [-0.25, -0.2) is 4.79 Å². The minimum atomic E-state index is -0.289. The number of ether oxygens (including phenoxy) is 1. The number of benzene rings is 1. The largest absolute Gasteiger partial charge is 0.371 e. The summed E-state index contributed by atoms with van der Waals surface area (Å²) < 4.78 is 6.83. The molecule has 0 aromatic heterocycles. The minimum Gasteiger partial charge on any atom is -0.371 e. The first-order valence-corrected chi connectivity index (χ1v) is 8.10.